The number of aryl methyl sites for hydroxylation is 1. The van der Waals surface area contributed by atoms with Crippen LogP contribution >= 0.6 is 0 Å². The van der Waals surface area contributed by atoms with E-state index in [9.17, 15) is 9.70 Å². The highest BCUT2D eigenvalue weighted by atomic mass is 16.4. The van der Waals surface area contributed by atoms with Gasteiger partial charge in [-0.25, -0.2) is 4.79 Å². The van der Waals surface area contributed by atoms with Crippen LogP contribution in [0, 0.1) is 4.91 Å². The second-order valence-electron chi connectivity index (χ2n) is 4.04. The number of benzene rings is 1. The molecule has 2 rings (SSSR count). The maximum absolute atomic E-state index is 10.9. The molecule has 1 aliphatic carbocycles. The minimum Gasteiger partial charge on any atom is -0.478 e. The van der Waals surface area contributed by atoms with Crippen molar-refractivity contribution in [1.29, 1.82) is 0 Å². The summed E-state index contributed by atoms with van der Waals surface area (Å²) in [5.74, 6) is -1.05. The van der Waals surface area contributed by atoms with Gasteiger partial charge >= 0.3 is 5.97 Å². The zero-order valence-corrected chi connectivity index (χ0v) is 8.64. The fourth-order valence-electron chi connectivity index (χ4n) is 2.07. The van der Waals surface area contributed by atoms with E-state index in [2.05, 4.69) is 5.18 Å². The number of carbonyl (C=O) groups is 1. The summed E-state index contributed by atoms with van der Waals surface area (Å²) in [5, 5.41) is 11.7. The van der Waals surface area contributed by atoms with E-state index in [1.54, 1.807) is 6.07 Å². The van der Waals surface area contributed by atoms with Gasteiger partial charge in [-0.1, -0.05) is 12.2 Å². The Labute approximate surface area is 94.1 Å². The minimum atomic E-state index is -1.13. The highest BCUT2D eigenvalue weighted by Gasteiger charge is 2.20. The van der Waals surface area contributed by atoms with Crippen molar-refractivity contribution in [3.63, 3.8) is 0 Å². The number of carboxylic acids is 1. The molecule has 0 heterocycles. The molecule has 5 heteroatoms. The molecule has 0 saturated heterocycles. The van der Waals surface area contributed by atoms with Crippen molar-refractivity contribution in [2.24, 2.45) is 5.18 Å². The molecule has 1 unspecified atom stereocenters. The quantitative estimate of drug-likeness (QED) is 0.607. The maximum Gasteiger partial charge on any atom is 0.338 e. The molecular weight excluding hydrogens is 205 g/mol. The summed E-state index contributed by atoms with van der Waals surface area (Å²) >= 11 is 0. The van der Waals surface area contributed by atoms with Crippen LogP contribution in [0.25, 0.3) is 0 Å². The summed E-state index contributed by atoms with van der Waals surface area (Å²) in [6.07, 6.45) is 2.30. The molecule has 1 aromatic carbocycles. The fourth-order valence-corrected chi connectivity index (χ4v) is 2.07. The summed E-state index contributed by atoms with van der Waals surface area (Å²) in [7, 11) is 5.81. The average Bonchev–Trinajstić information content (AvgIpc) is 2.27. The maximum atomic E-state index is 10.9. The van der Waals surface area contributed by atoms with Crippen LogP contribution in [0.15, 0.2) is 17.3 Å². The first-order valence-corrected chi connectivity index (χ1v) is 5.10. The van der Waals surface area contributed by atoms with E-state index in [0.717, 1.165) is 24.0 Å². The van der Waals surface area contributed by atoms with E-state index in [-0.39, 0.29) is 17.1 Å². The monoisotopic (exact) mass is 215 g/mol. The lowest BCUT2D eigenvalue weighted by Gasteiger charge is -2.22. The Morgan fingerprint density at radius 1 is 1.44 bits per heavy atom. The summed E-state index contributed by atoms with van der Waals surface area (Å²) < 4.78 is 0. The number of nitrogens with zero attached hydrogens (tertiary/aromatic N) is 1. The molecule has 1 N–H and O–H groups in total. The van der Waals surface area contributed by atoms with E-state index >= 15 is 0 Å². The molecule has 0 aromatic heterocycles. The van der Waals surface area contributed by atoms with Crippen LogP contribution in [0.3, 0.4) is 0 Å². The Kier molecular flexibility index (Phi) is 2.77. The summed E-state index contributed by atoms with van der Waals surface area (Å²) in [6.45, 7) is 0. The van der Waals surface area contributed by atoms with Gasteiger partial charge in [-0.3, -0.25) is 0 Å². The van der Waals surface area contributed by atoms with Crippen LogP contribution in [-0.4, -0.2) is 18.9 Å². The van der Waals surface area contributed by atoms with Crippen LogP contribution in [0.5, 0.6) is 0 Å². The van der Waals surface area contributed by atoms with Crippen molar-refractivity contribution in [2.75, 3.05) is 0 Å². The zero-order chi connectivity index (χ0) is 11.7. The Morgan fingerprint density at radius 3 is 2.81 bits per heavy atom. The smallest absolute Gasteiger partial charge is 0.338 e. The van der Waals surface area contributed by atoms with E-state index in [0.29, 0.717) is 6.42 Å². The predicted octanol–water partition coefficient (Wildman–Crippen LogP) is 2.23. The van der Waals surface area contributed by atoms with Crippen molar-refractivity contribution in [1.82, 2.24) is 0 Å². The van der Waals surface area contributed by atoms with Crippen LogP contribution in [0.4, 0.5) is 5.69 Å². The van der Waals surface area contributed by atoms with Crippen LogP contribution < -0.4 is 0 Å². The van der Waals surface area contributed by atoms with Gasteiger partial charge in [0.05, 0.1) is 13.4 Å². The van der Waals surface area contributed by atoms with Gasteiger partial charge < -0.3 is 5.11 Å². The van der Waals surface area contributed by atoms with Crippen molar-refractivity contribution in [3.05, 3.63) is 33.7 Å². The van der Waals surface area contributed by atoms with Crippen molar-refractivity contribution >= 4 is 19.5 Å². The van der Waals surface area contributed by atoms with Crippen molar-refractivity contribution < 1.29 is 9.90 Å². The van der Waals surface area contributed by atoms with E-state index in [4.69, 9.17) is 13.0 Å². The number of fused-ring (bicyclic) bond motifs is 1. The number of rotatable bonds is 2. The van der Waals surface area contributed by atoms with Gasteiger partial charge in [-0.05, 0) is 41.3 Å². The Bertz CT molecular complexity index is 459. The normalized spacial score (nSPS) is 18.9. The molecule has 80 valence electrons. The van der Waals surface area contributed by atoms with Gasteiger partial charge in [0.1, 0.15) is 5.69 Å². The molecule has 16 heavy (non-hydrogen) atoms. The van der Waals surface area contributed by atoms with Crippen LogP contribution in [-0.2, 0) is 12.8 Å². The van der Waals surface area contributed by atoms with Crippen molar-refractivity contribution in [2.45, 2.75) is 25.1 Å². The molecule has 0 fully saturated rings. The Hall–Kier alpha value is -1.65. The first-order chi connectivity index (χ1) is 7.61. The van der Waals surface area contributed by atoms with Gasteiger partial charge in [-0.15, -0.1) is 4.91 Å². The fraction of sp³-hybridized carbons (Fsp3) is 0.364. The molecule has 0 aliphatic heterocycles. The molecule has 4 nitrogen and oxygen atoms in total. The number of hydrogen-bond donors (Lipinski definition) is 1. The van der Waals surface area contributed by atoms with Gasteiger partial charge in [0.25, 0.3) is 0 Å². The number of carboxylic acid groups (broad SMARTS) is 1. The van der Waals surface area contributed by atoms with E-state index in [1.807, 2.05) is 0 Å². The lowest BCUT2D eigenvalue weighted by molar-refractivity contribution is 0.0697. The average molecular weight is 215 g/mol. The predicted molar refractivity (Wildman–Crippen MR) is 60.4 cm³/mol. The first kappa shape index (κ1) is 10.9. The molecule has 1 aromatic rings. The molecule has 0 spiro atoms. The molecule has 0 bridgehead atoms. The minimum absolute atomic E-state index is 0.00159. The molecule has 0 amide bonds. The third-order valence-corrected chi connectivity index (χ3v) is 2.91. The Morgan fingerprint density at radius 2 is 2.19 bits per heavy atom. The van der Waals surface area contributed by atoms with Gasteiger partial charge in [0.2, 0.25) is 0 Å². The Balaban J connectivity index is 2.52. The van der Waals surface area contributed by atoms with Gasteiger partial charge in [0.15, 0.2) is 0 Å². The van der Waals surface area contributed by atoms with E-state index < -0.39 is 5.97 Å². The zero-order valence-electron chi connectivity index (χ0n) is 8.64. The molecule has 1 atom stereocenters. The summed E-state index contributed by atoms with van der Waals surface area (Å²) in [5.41, 5.74) is 1.87. The van der Waals surface area contributed by atoms with E-state index in [1.165, 1.54) is 6.07 Å². The van der Waals surface area contributed by atoms with Crippen molar-refractivity contribution in [3.8, 4) is 0 Å². The summed E-state index contributed by atoms with van der Waals surface area (Å²) in [4.78, 5) is 21.5. The molecule has 0 saturated carbocycles. The third-order valence-electron chi connectivity index (χ3n) is 2.91. The van der Waals surface area contributed by atoms with Crippen LogP contribution in [0.2, 0.25) is 5.82 Å². The van der Waals surface area contributed by atoms with Gasteiger partial charge in [0, 0.05) is 0 Å². The molecule has 1 aliphatic rings. The SMILES string of the molecule is [B]C1CCc2cc(N=O)c(C(=O)O)cc2C1. The third kappa shape index (κ3) is 1.85. The highest BCUT2D eigenvalue weighted by molar-refractivity contribution is 6.11. The lowest BCUT2D eigenvalue weighted by atomic mass is 9.72. The topological polar surface area (TPSA) is 66.7 Å². The second-order valence-corrected chi connectivity index (χ2v) is 4.04. The standard InChI is InChI=1S/C11H10BNO3/c12-8-2-1-6-5-10(13-16)9(11(14)15)4-7(6)3-8/h4-5,8H,1-3H2,(H,14,15). The summed E-state index contributed by atoms with van der Waals surface area (Å²) in [6, 6.07) is 3.09. The number of nitroso groups, excluding NO2 is 1. The number of aromatic carboxylic acids is 1. The van der Waals surface area contributed by atoms with Gasteiger partial charge in [-0.2, -0.15) is 0 Å². The highest BCUT2D eigenvalue weighted by Crippen LogP contribution is 2.32. The number of hydrogen-bond acceptors (Lipinski definition) is 3. The first-order valence-electron chi connectivity index (χ1n) is 5.10. The lowest BCUT2D eigenvalue weighted by Crippen LogP contribution is -2.11. The van der Waals surface area contributed by atoms with Crippen LogP contribution in [0.1, 0.15) is 27.9 Å². The largest absolute Gasteiger partial charge is 0.478 e. The second kappa shape index (κ2) is 4.08. The molecular formula is C11H10BNO3. The molecule has 2 radical (unpaired) electrons.